The average Bonchev–Trinajstić information content (AvgIpc) is 3.04. The molecule has 0 atom stereocenters. The summed E-state index contributed by atoms with van der Waals surface area (Å²) in [5.41, 5.74) is 3.48. The van der Waals surface area contributed by atoms with Crippen LogP contribution in [0.15, 0.2) is 71.1 Å². The fourth-order valence-corrected chi connectivity index (χ4v) is 3.27. The average molecular weight is 372 g/mol. The Morgan fingerprint density at radius 1 is 0.821 bits per heavy atom. The monoisotopic (exact) mass is 372 g/mol. The third-order valence-corrected chi connectivity index (χ3v) is 5.75. The fourth-order valence-electron chi connectivity index (χ4n) is 3.27. The molecule has 1 aromatic heterocycles. The lowest BCUT2D eigenvalue weighted by molar-refractivity contribution is -0.0893. The Labute approximate surface area is 166 Å². The normalized spacial score (nSPS) is 12.6. The van der Waals surface area contributed by atoms with Crippen LogP contribution in [0.2, 0.25) is 0 Å². The first-order valence-electron chi connectivity index (χ1n) is 9.62. The Hall–Kier alpha value is -2.56. The summed E-state index contributed by atoms with van der Waals surface area (Å²) in [4.78, 5) is 0. The molecule has 1 heterocycles. The minimum atomic E-state index is -0.945. The molecule has 0 bridgehead atoms. The quantitative estimate of drug-likeness (QED) is 0.512. The summed E-state index contributed by atoms with van der Waals surface area (Å²) in [6.45, 7) is 7.36. The molecular weight excluding hydrogens is 347 g/mol. The summed E-state index contributed by atoms with van der Waals surface area (Å²) >= 11 is 0. The van der Waals surface area contributed by atoms with E-state index >= 15 is 0 Å². The van der Waals surface area contributed by atoms with Gasteiger partial charge in [0, 0.05) is 10.8 Å². The van der Waals surface area contributed by atoms with Crippen LogP contribution in [-0.4, -0.2) is 23.8 Å². The first-order valence-corrected chi connectivity index (χ1v) is 9.62. The van der Waals surface area contributed by atoms with E-state index in [9.17, 15) is 5.11 Å². The summed E-state index contributed by atoms with van der Waals surface area (Å²) in [6, 6.07) is 22.7. The molecule has 0 amide bonds. The maximum Gasteiger partial charge on any atom is 0.310 e. The Bertz CT molecular complexity index is 1120. The van der Waals surface area contributed by atoms with Gasteiger partial charge < -0.3 is 14.2 Å². The number of rotatable bonds is 5. The van der Waals surface area contributed by atoms with Gasteiger partial charge in [-0.05, 0) is 62.5 Å². The van der Waals surface area contributed by atoms with Crippen LogP contribution in [0.5, 0.6) is 0 Å². The van der Waals surface area contributed by atoms with Gasteiger partial charge in [0.2, 0.25) is 0 Å². The molecule has 3 aromatic carbocycles. The van der Waals surface area contributed by atoms with E-state index in [4.69, 9.17) is 9.07 Å². The molecule has 0 aliphatic heterocycles. The van der Waals surface area contributed by atoms with E-state index in [-0.39, 0.29) is 0 Å². The Kier molecular flexibility index (Phi) is 4.57. The van der Waals surface area contributed by atoms with E-state index in [1.807, 2.05) is 50.2 Å². The third-order valence-electron chi connectivity index (χ3n) is 5.75. The summed E-state index contributed by atoms with van der Waals surface area (Å²) in [5.74, 6) is 0. The summed E-state index contributed by atoms with van der Waals surface area (Å²) in [6.07, 6.45) is 0. The number of fused-ring (bicyclic) bond motifs is 3. The Balaban J connectivity index is 1.79. The van der Waals surface area contributed by atoms with Crippen LogP contribution in [0.25, 0.3) is 33.1 Å². The van der Waals surface area contributed by atoms with Gasteiger partial charge in [0.25, 0.3) is 0 Å². The molecule has 0 saturated heterocycles. The van der Waals surface area contributed by atoms with Crippen LogP contribution >= 0.6 is 0 Å². The highest BCUT2D eigenvalue weighted by Gasteiger charge is 2.35. The molecule has 0 aliphatic rings. The molecule has 0 radical (unpaired) electrons. The molecule has 4 rings (SSSR count). The number of benzene rings is 3. The van der Waals surface area contributed by atoms with Crippen molar-refractivity contribution in [1.82, 2.24) is 0 Å². The highest BCUT2D eigenvalue weighted by molar-refractivity contribution is 6.52. The smallest absolute Gasteiger partial charge is 0.310 e. The van der Waals surface area contributed by atoms with Crippen LogP contribution < -0.4 is 5.46 Å². The van der Waals surface area contributed by atoms with Crippen LogP contribution in [0.1, 0.15) is 27.7 Å². The van der Waals surface area contributed by atoms with Crippen LogP contribution in [0.3, 0.4) is 0 Å². The van der Waals surface area contributed by atoms with Crippen molar-refractivity contribution >= 4 is 34.9 Å². The van der Waals surface area contributed by atoms with Crippen LogP contribution in [0.4, 0.5) is 0 Å². The SMILES string of the molecule is CC(C)(O)C(C)(C)OBc1cccc2oc3ccc(-c4ccccc4)cc3c12. The summed E-state index contributed by atoms with van der Waals surface area (Å²) in [5, 5.41) is 12.5. The van der Waals surface area contributed by atoms with Gasteiger partial charge in [0.1, 0.15) is 11.2 Å². The van der Waals surface area contributed by atoms with Crippen molar-refractivity contribution in [3.63, 3.8) is 0 Å². The van der Waals surface area contributed by atoms with Crippen LogP contribution in [0, 0.1) is 0 Å². The van der Waals surface area contributed by atoms with Crippen molar-refractivity contribution in [3.8, 4) is 11.1 Å². The molecule has 4 heteroatoms. The van der Waals surface area contributed by atoms with E-state index < -0.39 is 11.2 Å². The second-order valence-electron chi connectivity index (χ2n) is 8.33. The van der Waals surface area contributed by atoms with Gasteiger partial charge in [-0.2, -0.15) is 0 Å². The topological polar surface area (TPSA) is 42.6 Å². The molecule has 28 heavy (non-hydrogen) atoms. The first kappa shape index (κ1) is 18.8. The molecule has 3 nitrogen and oxygen atoms in total. The molecule has 142 valence electrons. The standard InChI is InChI=1S/C24H25BO3/c1-23(2,26)24(3,4)28-25-19-11-8-12-21-22(19)18-15-17(13-14-20(18)27-21)16-9-6-5-7-10-16/h5-15,25-26H,1-4H3. The molecule has 0 aliphatic carbocycles. The van der Waals surface area contributed by atoms with E-state index in [2.05, 4.69) is 30.3 Å². The maximum atomic E-state index is 10.4. The lowest BCUT2D eigenvalue weighted by atomic mass is 9.80. The van der Waals surface area contributed by atoms with Gasteiger partial charge in [-0.25, -0.2) is 0 Å². The molecule has 0 saturated carbocycles. The van der Waals surface area contributed by atoms with Crippen molar-refractivity contribution in [2.45, 2.75) is 38.9 Å². The number of hydrogen-bond acceptors (Lipinski definition) is 3. The van der Waals surface area contributed by atoms with Gasteiger partial charge >= 0.3 is 7.48 Å². The molecule has 4 aromatic rings. The molecule has 0 spiro atoms. The highest BCUT2D eigenvalue weighted by Crippen LogP contribution is 2.32. The van der Waals surface area contributed by atoms with Crippen molar-refractivity contribution in [2.75, 3.05) is 0 Å². The molecule has 0 unspecified atom stereocenters. The number of aliphatic hydroxyl groups is 1. The zero-order valence-corrected chi connectivity index (χ0v) is 16.8. The second-order valence-corrected chi connectivity index (χ2v) is 8.33. The predicted molar refractivity (Wildman–Crippen MR) is 117 cm³/mol. The zero-order valence-electron chi connectivity index (χ0n) is 16.8. The van der Waals surface area contributed by atoms with Crippen molar-refractivity contribution in [3.05, 3.63) is 66.7 Å². The zero-order chi connectivity index (χ0) is 19.9. The highest BCUT2D eigenvalue weighted by atomic mass is 16.5. The maximum absolute atomic E-state index is 10.4. The second kappa shape index (κ2) is 6.80. The molecule has 1 N–H and O–H groups in total. The lowest BCUT2D eigenvalue weighted by Crippen LogP contribution is -2.49. The van der Waals surface area contributed by atoms with E-state index in [0.29, 0.717) is 7.48 Å². The van der Waals surface area contributed by atoms with E-state index in [0.717, 1.165) is 33.0 Å². The van der Waals surface area contributed by atoms with Crippen molar-refractivity contribution in [1.29, 1.82) is 0 Å². The van der Waals surface area contributed by atoms with Crippen molar-refractivity contribution < 1.29 is 14.2 Å². The molecule has 0 fully saturated rings. The lowest BCUT2D eigenvalue weighted by Gasteiger charge is -2.37. The minimum Gasteiger partial charge on any atom is -0.456 e. The van der Waals surface area contributed by atoms with Gasteiger partial charge in [0.15, 0.2) is 0 Å². The largest absolute Gasteiger partial charge is 0.456 e. The Morgan fingerprint density at radius 2 is 1.57 bits per heavy atom. The number of hydrogen-bond donors (Lipinski definition) is 1. The van der Waals surface area contributed by atoms with Gasteiger partial charge in [0.05, 0.1) is 11.2 Å². The molecular formula is C24H25BO3. The first-order chi connectivity index (χ1) is 13.3. The van der Waals surface area contributed by atoms with Crippen LogP contribution in [-0.2, 0) is 4.65 Å². The number of furan rings is 1. The predicted octanol–water partition coefficient (Wildman–Crippen LogP) is 4.80. The third kappa shape index (κ3) is 3.34. The van der Waals surface area contributed by atoms with Gasteiger partial charge in [-0.1, -0.05) is 48.5 Å². The van der Waals surface area contributed by atoms with E-state index in [1.54, 1.807) is 13.8 Å². The van der Waals surface area contributed by atoms with Crippen molar-refractivity contribution in [2.24, 2.45) is 0 Å². The summed E-state index contributed by atoms with van der Waals surface area (Å²) in [7, 11) is 0.401. The van der Waals surface area contributed by atoms with Gasteiger partial charge in [-0.15, -0.1) is 0 Å². The van der Waals surface area contributed by atoms with Gasteiger partial charge in [-0.3, -0.25) is 0 Å². The van der Waals surface area contributed by atoms with E-state index in [1.165, 1.54) is 5.56 Å². The fraction of sp³-hybridized carbons (Fsp3) is 0.250. The Morgan fingerprint density at radius 3 is 2.29 bits per heavy atom. The minimum absolute atomic E-state index is 0.401. The summed E-state index contributed by atoms with van der Waals surface area (Å²) < 4.78 is 12.2.